The molecule has 1 aromatic rings. The molecule has 0 aromatic heterocycles. The van der Waals surface area contributed by atoms with Crippen LogP contribution in [-0.2, 0) is 6.42 Å². The Labute approximate surface area is 121 Å². The van der Waals surface area contributed by atoms with Gasteiger partial charge in [0.05, 0.1) is 0 Å². The summed E-state index contributed by atoms with van der Waals surface area (Å²) in [5.74, 6) is 1.10. The summed E-state index contributed by atoms with van der Waals surface area (Å²) in [4.78, 5) is 0. The van der Waals surface area contributed by atoms with Crippen LogP contribution in [0.3, 0.4) is 0 Å². The molecule has 0 aliphatic carbocycles. The van der Waals surface area contributed by atoms with Crippen LogP contribution in [-0.4, -0.2) is 23.6 Å². The van der Waals surface area contributed by atoms with Crippen LogP contribution < -0.4 is 5.32 Å². The number of rotatable bonds is 5. The monoisotopic (exact) mass is 285 g/mol. The third kappa shape index (κ3) is 5.64. The van der Waals surface area contributed by atoms with Crippen molar-refractivity contribution in [3.05, 3.63) is 34.3 Å². The van der Waals surface area contributed by atoms with Gasteiger partial charge >= 0.3 is 0 Å². The molecule has 0 saturated carbocycles. The number of benzene rings is 1. The molecule has 1 unspecified atom stereocenters. The Kier molecular flexibility index (Phi) is 6.03. The molecule has 0 aliphatic heterocycles. The van der Waals surface area contributed by atoms with E-state index in [-0.39, 0.29) is 0 Å². The highest BCUT2D eigenvalue weighted by Gasteiger charge is 2.15. The van der Waals surface area contributed by atoms with Crippen LogP contribution in [0.25, 0.3) is 0 Å². The topological polar surface area (TPSA) is 12.0 Å². The van der Waals surface area contributed by atoms with Gasteiger partial charge in [0.1, 0.15) is 0 Å². The van der Waals surface area contributed by atoms with E-state index in [1.807, 2.05) is 24.9 Å². The van der Waals surface area contributed by atoms with Crippen molar-refractivity contribution in [2.45, 2.75) is 44.9 Å². The molecule has 1 N–H and O–H groups in total. The molecule has 3 heteroatoms. The fourth-order valence-corrected chi connectivity index (χ4v) is 2.98. The van der Waals surface area contributed by atoms with Gasteiger partial charge < -0.3 is 5.32 Å². The van der Waals surface area contributed by atoms with E-state index in [2.05, 4.69) is 45.1 Å². The van der Waals surface area contributed by atoms with Gasteiger partial charge in [-0.2, -0.15) is 11.8 Å². The van der Waals surface area contributed by atoms with Crippen molar-refractivity contribution in [3.8, 4) is 0 Å². The normalized spacial score (nSPS) is 13.7. The van der Waals surface area contributed by atoms with E-state index in [1.165, 1.54) is 11.1 Å². The Balaban J connectivity index is 2.62. The van der Waals surface area contributed by atoms with Crippen LogP contribution in [0.15, 0.2) is 18.2 Å². The summed E-state index contributed by atoms with van der Waals surface area (Å²) in [5, 5.41) is 4.27. The summed E-state index contributed by atoms with van der Waals surface area (Å²) in [6.45, 7) is 8.83. The van der Waals surface area contributed by atoms with Gasteiger partial charge in [-0.05, 0) is 37.6 Å². The zero-order valence-corrected chi connectivity index (χ0v) is 13.6. The summed E-state index contributed by atoms with van der Waals surface area (Å²) < 4.78 is 0.312. The van der Waals surface area contributed by atoms with E-state index < -0.39 is 0 Å². The average Bonchev–Trinajstić information content (AvgIpc) is 2.25. The fourth-order valence-electron chi connectivity index (χ4n) is 1.68. The molecule has 0 fully saturated rings. The van der Waals surface area contributed by atoms with Crippen molar-refractivity contribution in [3.63, 3.8) is 0 Å². The molecule has 1 atom stereocenters. The summed E-state index contributed by atoms with van der Waals surface area (Å²) in [7, 11) is 2.02. The lowest BCUT2D eigenvalue weighted by Crippen LogP contribution is -2.31. The van der Waals surface area contributed by atoms with Gasteiger partial charge in [0.25, 0.3) is 0 Å². The highest BCUT2D eigenvalue weighted by molar-refractivity contribution is 8.00. The van der Waals surface area contributed by atoms with Gasteiger partial charge in [-0.1, -0.05) is 44.5 Å². The predicted octanol–water partition coefficient (Wildman–Crippen LogP) is 4.31. The smallest absolute Gasteiger partial charge is 0.0441 e. The van der Waals surface area contributed by atoms with Crippen molar-refractivity contribution in [2.75, 3.05) is 12.8 Å². The van der Waals surface area contributed by atoms with E-state index in [9.17, 15) is 0 Å². The zero-order chi connectivity index (χ0) is 13.8. The Morgan fingerprint density at radius 3 is 2.50 bits per heavy atom. The summed E-state index contributed by atoms with van der Waals surface area (Å²) in [6, 6.07) is 6.78. The highest BCUT2D eigenvalue weighted by Crippen LogP contribution is 2.25. The van der Waals surface area contributed by atoms with Crippen molar-refractivity contribution in [2.24, 2.45) is 0 Å². The number of hydrogen-bond acceptors (Lipinski definition) is 2. The van der Waals surface area contributed by atoms with Crippen molar-refractivity contribution >= 4 is 23.4 Å². The molecule has 0 radical (unpaired) electrons. The Morgan fingerprint density at radius 1 is 1.33 bits per heavy atom. The van der Waals surface area contributed by atoms with Gasteiger partial charge in [-0.25, -0.2) is 0 Å². The van der Waals surface area contributed by atoms with E-state index >= 15 is 0 Å². The highest BCUT2D eigenvalue weighted by atomic mass is 35.5. The fraction of sp³-hybridized carbons (Fsp3) is 0.600. The van der Waals surface area contributed by atoms with Crippen molar-refractivity contribution in [1.29, 1.82) is 0 Å². The van der Waals surface area contributed by atoms with E-state index in [0.717, 1.165) is 17.2 Å². The van der Waals surface area contributed by atoms with E-state index in [4.69, 9.17) is 11.6 Å². The molecule has 1 nitrogen and oxygen atoms in total. The first-order valence-electron chi connectivity index (χ1n) is 6.38. The molecule has 0 spiro atoms. The summed E-state index contributed by atoms with van der Waals surface area (Å²) >= 11 is 8.27. The third-order valence-electron chi connectivity index (χ3n) is 2.80. The Hall–Kier alpha value is -0.180. The predicted molar refractivity (Wildman–Crippen MR) is 85.0 cm³/mol. The minimum absolute atomic E-state index is 0.312. The average molecular weight is 286 g/mol. The molecule has 102 valence electrons. The van der Waals surface area contributed by atoms with Gasteiger partial charge in [-0.3, -0.25) is 0 Å². The maximum Gasteiger partial charge on any atom is 0.0441 e. The number of hydrogen-bond donors (Lipinski definition) is 1. The van der Waals surface area contributed by atoms with E-state index in [1.54, 1.807) is 0 Å². The molecule has 0 heterocycles. The molecule has 1 aromatic carbocycles. The molecule has 0 amide bonds. The first-order chi connectivity index (χ1) is 8.31. The third-order valence-corrected chi connectivity index (χ3v) is 4.59. The number of nitrogens with one attached hydrogen (secondary N) is 1. The number of thioether (sulfide) groups is 1. The first-order valence-corrected chi connectivity index (χ1v) is 7.74. The maximum atomic E-state index is 6.29. The minimum atomic E-state index is 0.312. The molecule has 0 bridgehead atoms. The zero-order valence-electron chi connectivity index (χ0n) is 12.0. The minimum Gasteiger partial charge on any atom is -0.316 e. The molecule has 0 saturated heterocycles. The number of aryl methyl sites for hydroxylation is 1. The second-order valence-corrected chi connectivity index (χ2v) is 7.96. The van der Waals surface area contributed by atoms with Gasteiger partial charge in [0, 0.05) is 21.6 Å². The van der Waals surface area contributed by atoms with Crippen molar-refractivity contribution in [1.82, 2.24) is 5.32 Å². The van der Waals surface area contributed by atoms with E-state index in [0.29, 0.717) is 10.8 Å². The molecule has 1 rings (SSSR count). The van der Waals surface area contributed by atoms with Crippen LogP contribution in [0.5, 0.6) is 0 Å². The molecular weight excluding hydrogens is 262 g/mol. The van der Waals surface area contributed by atoms with Crippen LogP contribution in [0.4, 0.5) is 0 Å². The quantitative estimate of drug-likeness (QED) is 0.865. The van der Waals surface area contributed by atoms with Crippen LogP contribution in [0.2, 0.25) is 5.02 Å². The maximum absolute atomic E-state index is 6.29. The lowest BCUT2D eigenvalue weighted by Gasteiger charge is -2.23. The number of likely N-dealkylation sites (N-methyl/N-ethyl adjacent to an activating group) is 1. The Bertz CT molecular complexity index is 385. The molecule has 18 heavy (non-hydrogen) atoms. The first kappa shape index (κ1) is 15.9. The van der Waals surface area contributed by atoms with Gasteiger partial charge in [-0.15, -0.1) is 0 Å². The SMILES string of the molecule is CNC(CSC(C)(C)C)Cc1ccc(C)cc1Cl. The van der Waals surface area contributed by atoms with Gasteiger partial charge in [0.15, 0.2) is 0 Å². The van der Waals surface area contributed by atoms with Crippen LogP contribution in [0.1, 0.15) is 31.9 Å². The second kappa shape index (κ2) is 6.83. The second-order valence-electron chi connectivity index (χ2n) is 5.71. The molecule has 0 aliphatic rings. The molecular formula is C15H24ClNS. The van der Waals surface area contributed by atoms with Crippen LogP contribution >= 0.6 is 23.4 Å². The van der Waals surface area contributed by atoms with Crippen LogP contribution in [0, 0.1) is 6.92 Å². The summed E-state index contributed by atoms with van der Waals surface area (Å²) in [6.07, 6.45) is 0.985. The van der Waals surface area contributed by atoms with Crippen molar-refractivity contribution < 1.29 is 0 Å². The lowest BCUT2D eigenvalue weighted by molar-refractivity contribution is 0.613. The largest absolute Gasteiger partial charge is 0.316 e. The number of halogens is 1. The summed E-state index contributed by atoms with van der Waals surface area (Å²) in [5.41, 5.74) is 2.45. The standard InChI is InChI=1S/C15H24ClNS/c1-11-6-7-12(14(16)8-11)9-13(17-5)10-18-15(2,3)4/h6-8,13,17H,9-10H2,1-5H3. The lowest BCUT2D eigenvalue weighted by atomic mass is 10.1. The van der Waals surface area contributed by atoms with Gasteiger partial charge in [0.2, 0.25) is 0 Å². The Morgan fingerprint density at radius 2 is 2.00 bits per heavy atom.